The highest BCUT2D eigenvalue weighted by Gasteiger charge is 2.27. The number of rotatable bonds is 4. The second-order valence-corrected chi connectivity index (χ2v) is 7.30. The molecule has 1 fully saturated rings. The van der Waals surface area contributed by atoms with Crippen LogP contribution in [0.4, 0.5) is 0 Å². The zero-order valence-electron chi connectivity index (χ0n) is 16.6. The predicted octanol–water partition coefficient (Wildman–Crippen LogP) is 2.88. The third-order valence-electron chi connectivity index (χ3n) is 5.55. The molecule has 2 aliphatic heterocycles. The Morgan fingerprint density at radius 3 is 2.22 bits per heavy atom. The number of carbonyl (C=O) groups is 2. The van der Waals surface area contributed by atoms with Crippen LogP contribution in [0.2, 0.25) is 0 Å². The van der Waals surface area contributed by atoms with Crippen molar-refractivity contribution in [2.75, 3.05) is 39.4 Å². The zero-order valence-corrected chi connectivity index (χ0v) is 16.6. The first-order valence-electron chi connectivity index (χ1n) is 10.0. The van der Waals surface area contributed by atoms with Crippen LogP contribution < -0.4 is 9.47 Å². The molecule has 2 amide bonds. The second kappa shape index (κ2) is 8.63. The van der Waals surface area contributed by atoms with E-state index in [0.29, 0.717) is 49.9 Å². The van der Waals surface area contributed by atoms with Gasteiger partial charge in [-0.25, -0.2) is 0 Å². The fourth-order valence-electron chi connectivity index (χ4n) is 3.83. The first-order valence-corrected chi connectivity index (χ1v) is 10.0. The number of aryl methyl sites for hydroxylation is 1. The molecule has 6 heteroatoms. The SMILES string of the molecule is CCC(CC)C(=O)N1CCCN(C(=O)c2cc3c(cc2C)OCCO3)CC1. The van der Waals surface area contributed by atoms with E-state index >= 15 is 0 Å². The van der Waals surface area contributed by atoms with Crippen molar-refractivity contribution in [1.29, 1.82) is 0 Å². The largest absolute Gasteiger partial charge is 0.486 e. The molecule has 0 spiro atoms. The Hall–Kier alpha value is -2.24. The van der Waals surface area contributed by atoms with E-state index in [-0.39, 0.29) is 17.7 Å². The monoisotopic (exact) mass is 374 g/mol. The minimum atomic E-state index is 0.00121. The van der Waals surface area contributed by atoms with E-state index in [2.05, 4.69) is 13.8 Å². The number of benzene rings is 1. The molecule has 0 aromatic heterocycles. The Balaban J connectivity index is 1.70. The van der Waals surface area contributed by atoms with Crippen LogP contribution in [0.1, 0.15) is 49.0 Å². The number of amides is 2. The highest BCUT2D eigenvalue weighted by Crippen LogP contribution is 2.33. The maximum Gasteiger partial charge on any atom is 0.254 e. The van der Waals surface area contributed by atoms with Crippen molar-refractivity contribution in [2.45, 2.75) is 40.0 Å². The van der Waals surface area contributed by atoms with E-state index in [0.717, 1.165) is 31.4 Å². The van der Waals surface area contributed by atoms with Gasteiger partial charge in [0.25, 0.3) is 5.91 Å². The van der Waals surface area contributed by atoms with Crippen molar-refractivity contribution >= 4 is 11.8 Å². The summed E-state index contributed by atoms with van der Waals surface area (Å²) in [4.78, 5) is 29.6. The maximum atomic E-state index is 13.1. The molecule has 6 nitrogen and oxygen atoms in total. The van der Waals surface area contributed by atoms with Crippen LogP contribution in [-0.2, 0) is 4.79 Å². The Bertz CT molecular complexity index is 700. The van der Waals surface area contributed by atoms with E-state index in [4.69, 9.17) is 9.47 Å². The Kier molecular flexibility index (Phi) is 6.24. The third kappa shape index (κ3) is 4.20. The molecule has 0 atom stereocenters. The van der Waals surface area contributed by atoms with Gasteiger partial charge in [-0.05, 0) is 43.9 Å². The molecular formula is C21H30N2O4. The van der Waals surface area contributed by atoms with E-state index in [1.807, 2.05) is 22.8 Å². The van der Waals surface area contributed by atoms with Crippen molar-refractivity contribution in [1.82, 2.24) is 9.80 Å². The molecule has 1 saturated heterocycles. The number of hydrogen-bond donors (Lipinski definition) is 0. The lowest BCUT2D eigenvalue weighted by atomic mass is 10.0. The van der Waals surface area contributed by atoms with E-state index in [1.54, 1.807) is 6.07 Å². The van der Waals surface area contributed by atoms with Crippen LogP contribution >= 0.6 is 0 Å². The summed E-state index contributed by atoms with van der Waals surface area (Å²) in [5, 5.41) is 0. The molecule has 148 valence electrons. The minimum Gasteiger partial charge on any atom is -0.486 e. The standard InChI is InChI=1S/C21H30N2O4/c1-4-16(5-2)20(24)22-7-6-8-23(10-9-22)21(25)17-14-19-18(13-15(17)3)26-11-12-27-19/h13-14,16H,4-12H2,1-3H3. The molecule has 0 N–H and O–H groups in total. The summed E-state index contributed by atoms with van der Waals surface area (Å²) >= 11 is 0. The lowest BCUT2D eigenvalue weighted by Crippen LogP contribution is -2.40. The van der Waals surface area contributed by atoms with Crippen LogP contribution in [0.25, 0.3) is 0 Å². The zero-order chi connectivity index (χ0) is 19.4. The van der Waals surface area contributed by atoms with Gasteiger partial charge in [-0.1, -0.05) is 13.8 Å². The summed E-state index contributed by atoms with van der Waals surface area (Å²) in [7, 11) is 0. The van der Waals surface area contributed by atoms with Crippen molar-refractivity contribution < 1.29 is 19.1 Å². The number of nitrogens with zero attached hydrogens (tertiary/aromatic N) is 2. The number of fused-ring (bicyclic) bond motifs is 1. The van der Waals surface area contributed by atoms with Gasteiger partial charge in [-0.15, -0.1) is 0 Å². The van der Waals surface area contributed by atoms with Gasteiger partial charge < -0.3 is 19.3 Å². The van der Waals surface area contributed by atoms with Gasteiger partial charge in [0.2, 0.25) is 5.91 Å². The first-order chi connectivity index (χ1) is 13.0. The normalized spacial score (nSPS) is 17.0. The van der Waals surface area contributed by atoms with E-state index < -0.39 is 0 Å². The topological polar surface area (TPSA) is 59.1 Å². The lowest BCUT2D eigenvalue weighted by molar-refractivity contribution is -0.135. The van der Waals surface area contributed by atoms with Crippen molar-refractivity contribution in [2.24, 2.45) is 5.92 Å². The molecule has 1 aromatic rings. The summed E-state index contributed by atoms with van der Waals surface area (Å²) in [6.07, 6.45) is 2.54. The Labute approximate surface area is 161 Å². The average Bonchev–Trinajstić information content (AvgIpc) is 2.94. The first kappa shape index (κ1) is 19.5. The fraction of sp³-hybridized carbons (Fsp3) is 0.619. The summed E-state index contributed by atoms with van der Waals surface area (Å²) < 4.78 is 11.2. The molecule has 0 bridgehead atoms. The van der Waals surface area contributed by atoms with Crippen LogP contribution in [0.15, 0.2) is 12.1 Å². The van der Waals surface area contributed by atoms with Crippen molar-refractivity contribution in [3.8, 4) is 11.5 Å². The maximum absolute atomic E-state index is 13.1. The summed E-state index contributed by atoms with van der Waals surface area (Å²) in [5.74, 6) is 1.65. The lowest BCUT2D eigenvalue weighted by Gasteiger charge is -2.26. The van der Waals surface area contributed by atoms with Crippen LogP contribution in [0.3, 0.4) is 0 Å². The van der Waals surface area contributed by atoms with Gasteiger partial charge in [0, 0.05) is 37.7 Å². The number of ether oxygens (including phenoxy) is 2. The summed E-state index contributed by atoms with van der Waals surface area (Å²) in [6, 6.07) is 3.67. The second-order valence-electron chi connectivity index (χ2n) is 7.30. The third-order valence-corrected chi connectivity index (χ3v) is 5.55. The number of hydrogen-bond acceptors (Lipinski definition) is 4. The summed E-state index contributed by atoms with van der Waals surface area (Å²) in [6.45, 7) is 9.63. The summed E-state index contributed by atoms with van der Waals surface area (Å²) in [5.41, 5.74) is 1.54. The van der Waals surface area contributed by atoms with Gasteiger partial charge in [0.15, 0.2) is 11.5 Å². The van der Waals surface area contributed by atoms with Gasteiger partial charge >= 0.3 is 0 Å². The van der Waals surface area contributed by atoms with Gasteiger partial charge in [0.1, 0.15) is 13.2 Å². The van der Waals surface area contributed by atoms with Gasteiger partial charge in [-0.2, -0.15) is 0 Å². The van der Waals surface area contributed by atoms with Crippen molar-refractivity contribution in [3.05, 3.63) is 23.3 Å². The molecule has 1 aromatic carbocycles. The Morgan fingerprint density at radius 2 is 1.56 bits per heavy atom. The molecule has 0 aliphatic carbocycles. The highest BCUT2D eigenvalue weighted by atomic mass is 16.6. The molecule has 2 aliphatic rings. The van der Waals surface area contributed by atoms with Gasteiger partial charge in [0.05, 0.1) is 0 Å². The molecule has 3 rings (SSSR count). The Morgan fingerprint density at radius 1 is 0.963 bits per heavy atom. The quantitative estimate of drug-likeness (QED) is 0.813. The van der Waals surface area contributed by atoms with E-state index in [1.165, 1.54) is 0 Å². The van der Waals surface area contributed by atoms with Crippen molar-refractivity contribution in [3.63, 3.8) is 0 Å². The molecular weight excluding hydrogens is 344 g/mol. The van der Waals surface area contributed by atoms with Crippen LogP contribution in [0, 0.1) is 12.8 Å². The molecule has 0 unspecified atom stereocenters. The van der Waals surface area contributed by atoms with E-state index in [9.17, 15) is 9.59 Å². The van der Waals surface area contributed by atoms with Crippen LogP contribution in [-0.4, -0.2) is 61.0 Å². The fourth-order valence-corrected chi connectivity index (χ4v) is 3.83. The number of carbonyl (C=O) groups excluding carboxylic acids is 2. The molecule has 2 heterocycles. The predicted molar refractivity (Wildman–Crippen MR) is 103 cm³/mol. The van der Waals surface area contributed by atoms with Gasteiger partial charge in [-0.3, -0.25) is 9.59 Å². The molecule has 0 radical (unpaired) electrons. The average molecular weight is 374 g/mol. The molecule has 0 saturated carbocycles. The minimum absolute atomic E-state index is 0.00121. The highest BCUT2D eigenvalue weighted by molar-refractivity contribution is 5.96. The smallest absolute Gasteiger partial charge is 0.254 e. The van der Waals surface area contributed by atoms with Crippen LogP contribution in [0.5, 0.6) is 11.5 Å². The molecule has 27 heavy (non-hydrogen) atoms.